The van der Waals surface area contributed by atoms with Gasteiger partial charge in [-0.05, 0) is 41.1 Å². The minimum Gasteiger partial charge on any atom is -0.497 e. The summed E-state index contributed by atoms with van der Waals surface area (Å²) >= 11 is 3.09. The third-order valence-corrected chi connectivity index (χ3v) is 5.81. The third kappa shape index (κ3) is 3.06. The van der Waals surface area contributed by atoms with Crippen LogP contribution in [0, 0.1) is 0 Å². The molecule has 1 atom stereocenters. The van der Waals surface area contributed by atoms with Crippen molar-refractivity contribution in [2.75, 3.05) is 7.11 Å². The van der Waals surface area contributed by atoms with Gasteiger partial charge in [-0.15, -0.1) is 22.7 Å². The molecule has 0 fully saturated rings. The second-order valence-corrected chi connectivity index (χ2v) is 7.46. The van der Waals surface area contributed by atoms with Crippen LogP contribution in [0.1, 0.15) is 26.2 Å². The number of ether oxygens (including phenoxy) is 1. The number of methoxy groups -OCH3 is 1. The summed E-state index contributed by atoms with van der Waals surface area (Å²) in [5.74, 6) is 0.762. The van der Waals surface area contributed by atoms with E-state index in [2.05, 4.69) is 17.6 Å². The quantitative estimate of drug-likeness (QED) is 0.734. The summed E-state index contributed by atoms with van der Waals surface area (Å²) in [5, 5.41) is 5.65. The van der Waals surface area contributed by atoms with Crippen molar-refractivity contribution < 1.29 is 9.53 Å². The van der Waals surface area contributed by atoms with Gasteiger partial charge >= 0.3 is 0 Å². The van der Waals surface area contributed by atoms with E-state index < -0.39 is 0 Å². The zero-order valence-electron chi connectivity index (χ0n) is 13.5. The summed E-state index contributed by atoms with van der Waals surface area (Å²) in [6.45, 7) is 0. The van der Waals surface area contributed by atoms with Gasteiger partial charge in [-0.1, -0.05) is 24.3 Å². The van der Waals surface area contributed by atoms with E-state index in [1.165, 1.54) is 11.3 Å². The smallest absolute Gasteiger partial charge is 0.283 e. The molecule has 1 aliphatic rings. The van der Waals surface area contributed by atoms with Crippen LogP contribution in [0.5, 0.6) is 5.75 Å². The lowest BCUT2D eigenvalue weighted by atomic mass is 10.1. The SMILES string of the molecule is COc1cccc(C2=C[C@@H](c3cccs3)N(C(=O)c3cccs3)N2)c1. The first-order valence-electron chi connectivity index (χ1n) is 7.79. The second-order valence-electron chi connectivity index (χ2n) is 5.54. The van der Waals surface area contributed by atoms with E-state index in [0.717, 1.165) is 21.9 Å². The molecule has 0 saturated carbocycles. The van der Waals surface area contributed by atoms with E-state index in [1.54, 1.807) is 23.5 Å². The molecule has 4 nitrogen and oxygen atoms in total. The zero-order chi connectivity index (χ0) is 17.2. The molecule has 126 valence electrons. The molecule has 2 aromatic heterocycles. The highest BCUT2D eigenvalue weighted by molar-refractivity contribution is 7.12. The molecule has 0 radical (unpaired) electrons. The fourth-order valence-corrected chi connectivity index (χ4v) is 4.23. The first-order valence-corrected chi connectivity index (χ1v) is 9.55. The van der Waals surface area contributed by atoms with Crippen LogP contribution in [0.3, 0.4) is 0 Å². The number of hydrogen-bond donors (Lipinski definition) is 1. The van der Waals surface area contributed by atoms with Gasteiger partial charge in [-0.2, -0.15) is 0 Å². The van der Waals surface area contributed by atoms with Crippen LogP contribution < -0.4 is 10.2 Å². The Morgan fingerprint density at radius 3 is 2.68 bits per heavy atom. The van der Waals surface area contributed by atoms with Gasteiger partial charge in [0.05, 0.1) is 17.7 Å². The van der Waals surface area contributed by atoms with Crippen LogP contribution in [0.4, 0.5) is 0 Å². The zero-order valence-corrected chi connectivity index (χ0v) is 15.1. The Balaban J connectivity index is 1.70. The van der Waals surface area contributed by atoms with E-state index in [1.807, 2.05) is 53.2 Å². The highest BCUT2D eigenvalue weighted by Gasteiger charge is 2.32. The van der Waals surface area contributed by atoms with E-state index in [9.17, 15) is 4.79 Å². The fraction of sp³-hybridized carbons (Fsp3) is 0.105. The van der Waals surface area contributed by atoms with Crippen molar-refractivity contribution in [3.63, 3.8) is 0 Å². The number of carbonyl (C=O) groups excluding carboxylic acids is 1. The maximum atomic E-state index is 12.9. The molecular formula is C19H16N2O2S2. The molecule has 3 heterocycles. The molecule has 0 unspecified atom stereocenters. The van der Waals surface area contributed by atoms with E-state index in [-0.39, 0.29) is 11.9 Å². The van der Waals surface area contributed by atoms with Gasteiger partial charge in [0.1, 0.15) is 11.8 Å². The Bertz CT molecular complexity index is 901. The van der Waals surface area contributed by atoms with E-state index in [0.29, 0.717) is 4.88 Å². The lowest BCUT2D eigenvalue weighted by Crippen LogP contribution is -2.38. The van der Waals surface area contributed by atoms with Gasteiger partial charge in [-0.25, -0.2) is 5.01 Å². The van der Waals surface area contributed by atoms with Crippen LogP contribution >= 0.6 is 22.7 Å². The number of benzene rings is 1. The summed E-state index contributed by atoms with van der Waals surface area (Å²) in [6.07, 6.45) is 2.09. The number of hydrazine groups is 1. The standard InChI is InChI=1S/C19H16N2O2S2/c1-23-14-6-2-5-13(11-14)15-12-16(17-7-3-9-24-17)21(20-15)19(22)18-8-4-10-25-18/h2-12,16,20H,1H3/t16-/m0/s1. The Kier molecular flexibility index (Phi) is 4.29. The molecule has 1 N–H and O–H groups in total. The van der Waals surface area contributed by atoms with Crippen LogP contribution in [0.25, 0.3) is 5.70 Å². The van der Waals surface area contributed by atoms with E-state index >= 15 is 0 Å². The van der Waals surface area contributed by atoms with Crippen molar-refractivity contribution in [2.45, 2.75) is 6.04 Å². The number of nitrogens with zero attached hydrogens (tertiary/aromatic N) is 1. The van der Waals surface area contributed by atoms with Crippen LogP contribution in [0.15, 0.2) is 65.4 Å². The van der Waals surface area contributed by atoms with Gasteiger partial charge in [0.25, 0.3) is 5.91 Å². The van der Waals surface area contributed by atoms with Gasteiger partial charge in [-0.3, -0.25) is 10.2 Å². The molecule has 0 spiro atoms. The number of rotatable bonds is 4. The summed E-state index contributed by atoms with van der Waals surface area (Å²) in [5.41, 5.74) is 5.18. The maximum absolute atomic E-state index is 12.9. The molecule has 1 aliphatic heterocycles. The van der Waals surface area contributed by atoms with Crippen molar-refractivity contribution in [1.82, 2.24) is 10.4 Å². The van der Waals surface area contributed by atoms with Crippen molar-refractivity contribution in [3.05, 3.63) is 80.7 Å². The Morgan fingerprint density at radius 1 is 1.12 bits per heavy atom. The van der Waals surface area contributed by atoms with E-state index in [4.69, 9.17) is 4.74 Å². The minimum atomic E-state index is -0.129. The fourth-order valence-electron chi connectivity index (χ4n) is 2.79. The molecule has 1 aromatic carbocycles. The summed E-state index contributed by atoms with van der Waals surface area (Å²) in [7, 11) is 1.65. The Morgan fingerprint density at radius 2 is 1.96 bits per heavy atom. The minimum absolute atomic E-state index is 0.0254. The predicted octanol–water partition coefficient (Wildman–Crippen LogP) is 4.56. The van der Waals surface area contributed by atoms with Crippen molar-refractivity contribution in [2.24, 2.45) is 0 Å². The first-order chi connectivity index (χ1) is 12.3. The number of nitrogens with one attached hydrogen (secondary N) is 1. The lowest BCUT2D eigenvalue weighted by Gasteiger charge is -2.24. The van der Waals surface area contributed by atoms with Crippen molar-refractivity contribution in [3.8, 4) is 5.75 Å². The van der Waals surface area contributed by atoms with Gasteiger partial charge in [0.15, 0.2) is 0 Å². The Labute approximate surface area is 154 Å². The van der Waals surface area contributed by atoms with Crippen LogP contribution in [-0.2, 0) is 0 Å². The largest absolute Gasteiger partial charge is 0.497 e. The normalized spacial score (nSPS) is 16.4. The Hall–Kier alpha value is -2.57. The second kappa shape index (κ2) is 6.74. The molecule has 0 saturated heterocycles. The van der Waals surface area contributed by atoms with Crippen molar-refractivity contribution >= 4 is 34.3 Å². The average Bonchev–Trinajstić information content (AvgIpc) is 3.42. The molecule has 0 bridgehead atoms. The monoisotopic (exact) mass is 368 g/mol. The molecule has 4 rings (SSSR count). The molecular weight excluding hydrogens is 352 g/mol. The summed E-state index contributed by atoms with van der Waals surface area (Å²) in [4.78, 5) is 14.8. The van der Waals surface area contributed by atoms with Crippen LogP contribution in [0.2, 0.25) is 0 Å². The highest BCUT2D eigenvalue weighted by atomic mass is 32.1. The number of carbonyl (C=O) groups is 1. The number of thiophene rings is 2. The summed E-state index contributed by atoms with van der Waals surface area (Å²) < 4.78 is 5.31. The van der Waals surface area contributed by atoms with Gasteiger partial charge < -0.3 is 4.74 Å². The molecule has 0 aliphatic carbocycles. The molecule has 3 aromatic rings. The molecule has 6 heteroatoms. The van der Waals surface area contributed by atoms with Gasteiger partial charge in [0.2, 0.25) is 0 Å². The lowest BCUT2D eigenvalue weighted by molar-refractivity contribution is 0.0680. The number of hydrogen-bond acceptors (Lipinski definition) is 5. The molecule has 25 heavy (non-hydrogen) atoms. The van der Waals surface area contributed by atoms with Gasteiger partial charge in [0, 0.05) is 10.4 Å². The summed E-state index contributed by atoms with van der Waals surface area (Å²) in [6, 6.07) is 15.5. The third-order valence-electron chi connectivity index (χ3n) is 4.01. The molecule has 1 amide bonds. The number of amides is 1. The highest BCUT2D eigenvalue weighted by Crippen LogP contribution is 2.35. The predicted molar refractivity (Wildman–Crippen MR) is 102 cm³/mol. The average molecular weight is 368 g/mol. The van der Waals surface area contributed by atoms with Crippen LogP contribution in [-0.4, -0.2) is 18.0 Å². The maximum Gasteiger partial charge on any atom is 0.283 e. The van der Waals surface area contributed by atoms with Crippen molar-refractivity contribution in [1.29, 1.82) is 0 Å². The topological polar surface area (TPSA) is 41.6 Å². The first kappa shape index (κ1) is 15.9.